The Morgan fingerprint density at radius 2 is 0.864 bits per heavy atom. The van der Waals surface area contributed by atoms with E-state index in [0.717, 1.165) is 20.9 Å². The van der Waals surface area contributed by atoms with Crippen molar-refractivity contribution in [2.45, 2.75) is 27.7 Å². The summed E-state index contributed by atoms with van der Waals surface area (Å²) in [6.07, 6.45) is 0. The van der Waals surface area contributed by atoms with E-state index in [1.807, 2.05) is 36.4 Å². The van der Waals surface area contributed by atoms with Crippen LogP contribution in [-0.2, 0) is 0 Å². The van der Waals surface area contributed by atoms with Gasteiger partial charge in [0.25, 0.3) is 0 Å². The summed E-state index contributed by atoms with van der Waals surface area (Å²) >= 11 is 11.6. The first-order chi connectivity index (χ1) is 10.3. The highest BCUT2D eigenvalue weighted by atomic mass is 32.1. The second kappa shape index (κ2) is 6.39. The van der Waals surface area contributed by atoms with Gasteiger partial charge in [0.2, 0.25) is 0 Å². The summed E-state index contributed by atoms with van der Waals surface area (Å²) in [7, 11) is 0. The fraction of sp³-hybridized carbons (Fsp3) is 0.300. The highest BCUT2D eigenvalue weighted by Crippen LogP contribution is 2.44. The van der Waals surface area contributed by atoms with E-state index < -0.39 is 0 Å². The van der Waals surface area contributed by atoms with Gasteiger partial charge in [-0.1, -0.05) is 113 Å². The van der Waals surface area contributed by atoms with Gasteiger partial charge in [-0.05, 0) is 11.1 Å². The van der Waals surface area contributed by atoms with Crippen molar-refractivity contribution in [2.75, 3.05) is 0 Å². The van der Waals surface area contributed by atoms with Crippen molar-refractivity contribution in [2.24, 2.45) is 10.8 Å². The van der Waals surface area contributed by atoms with Crippen molar-refractivity contribution >= 4 is 34.2 Å². The highest BCUT2D eigenvalue weighted by molar-refractivity contribution is 7.81. The quantitative estimate of drug-likeness (QED) is 0.497. The largest absolute Gasteiger partial charge is 0.0836 e. The Balaban J connectivity index is 2.38. The maximum atomic E-state index is 5.81. The molecule has 0 aromatic heterocycles. The number of rotatable bonds is 5. The van der Waals surface area contributed by atoms with E-state index in [4.69, 9.17) is 24.4 Å². The van der Waals surface area contributed by atoms with E-state index in [2.05, 4.69) is 52.0 Å². The monoisotopic (exact) mass is 326 g/mol. The van der Waals surface area contributed by atoms with Crippen LogP contribution in [0.1, 0.15) is 38.8 Å². The molecule has 0 saturated carbocycles. The van der Waals surface area contributed by atoms with Crippen LogP contribution in [0, 0.1) is 10.8 Å². The first-order valence-corrected chi connectivity index (χ1v) is 8.30. The maximum absolute atomic E-state index is 5.81. The Bertz CT molecular complexity index is 606. The molecule has 2 aromatic rings. The number of hydrogen-bond acceptors (Lipinski definition) is 2. The predicted molar refractivity (Wildman–Crippen MR) is 104 cm³/mol. The fourth-order valence-electron chi connectivity index (χ4n) is 2.47. The zero-order chi connectivity index (χ0) is 16.4. The van der Waals surface area contributed by atoms with Crippen LogP contribution >= 0.6 is 24.4 Å². The average Bonchev–Trinajstić information content (AvgIpc) is 2.54. The van der Waals surface area contributed by atoms with Crippen molar-refractivity contribution in [1.29, 1.82) is 0 Å². The van der Waals surface area contributed by atoms with Gasteiger partial charge in [-0.2, -0.15) is 0 Å². The molecule has 0 fully saturated rings. The Kier molecular flexibility index (Phi) is 4.93. The Morgan fingerprint density at radius 3 is 1.14 bits per heavy atom. The van der Waals surface area contributed by atoms with Crippen LogP contribution in [0.3, 0.4) is 0 Å². The lowest BCUT2D eigenvalue weighted by atomic mass is 9.62. The molecule has 0 unspecified atom stereocenters. The standard InChI is InChI=1S/C20H22S2/c1-19(2,17(21)15-11-7-5-8-12-15)20(3,4)18(22)16-13-9-6-10-14-16/h5-14H,1-4H3. The molecule has 0 amide bonds. The van der Waals surface area contributed by atoms with Crippen molar-refractivity contribution in [3.63, 3.8) is 0 Å². The van der Waals surface area contributed by atoms with Gasteiger partial charge in [-0.15, -0.1) is 0 Å². The average molecular weight is 327 g/mol. The maximum Gasteiger partial charge on any atom is 0.0289 e. The SMILES string of the molecule is CC(C)(C(=S)c1ccccc1)C(C)(C)C(=S)c1ccccc1. The summed E-state index contributed by atoms with van der Waals surface area (Å²) in [5.74, 6) is 0. The summed E-state index contributed by atoms with van der Waals surface area (Å²) in [5, 5.41) is 0. The molecule has 114 valence electrons. The van der Waals surface area contributed by atoms with Crippen LogP contribution in [0.4, 0.5) is 0 Å². The summed E-state index contributed by atoms with van der Waals surface area (Å²) in [4.78, 5) is 1.91. The molecule has 2 aromatic carbocycles. The minimum absolute atomic E-state index is 0.226. The summed E-state index contributed by atoms with van der Waals surface area (Å²) < 4.78 is 0. The third kappa shape index (κ3) is 3.04. The van der Waals surface area contributed by atoms with E-state index in [1.165, 1.54) is 0 Å². The van der Waals surface area contributed by atoms with E-state index >= 15 is 0 Å². The molecule has 0 N–H and O–H groups in total. The molecule has 0 atom stereocenters. The normalized spacial score (nSPS) is 12.0. The Labute approximate surface area is 144 Å². The number of thiocarbonyl (C=S) groups is 2. The number of hydrogen-bond donors (Lipinski definition) is 0. The van der Waals surface area contributed by atoms with Gasteiger partial charge >= 0.3 is 0 Å². The Hall–Kier alpha value is -1.38. The third-order valence-corrected chi connectivity index (χ3v) is 6.26. The van der Waals surface area contributed by atoms with Crippen LogP contribution < -0.4 is 0 Å². The molecule has 0 saturated heterocycles. The molecule has 0 nitrogen and oxygen atoms in total. The lowest BCUT2D eigenvalue weighted by Gasteiger charge is -2.43. The molecular formula is C20H22S2. The zero-order valence-corrected chi connectivity index (χ0v) is 15.2. The van der Waals surface area contributed by atoms with Gasteiger partial charge < -0.3 is 0 Å². The molecule has 22 heavy (non-hydrogen) atoms. The molecule has 2 heteroatoms. The van der Waals surface area contributed by atoms with Gasteiger partial charge in [-0.25, -0.2) is 0 Å². The van der Waals surface area contributed by atoms with Crippen LogP contribution in [0.15, 0.2) is 60.7 Å². The van der Waals surface area contributed by atoms with Crippen LogP contribution in [0.2, 0.25) is 0 Å². The van der Waals surface area contributed by atoms with Crippen LogP contribution in [0.5, 0.6) is 0 Å². The minimum atomic E-state index is -0.226. The smallest absolute Gasteiger partial charge is 0.0289 e. The van der Waals surface area contributed by atoms with E-state index in [-0.39, 0.29) is 10.8 Å². The summed E-state index contributed by atoms with van der Waals surface area (Å²) in [5.41, 5.74) is 1.76. The Morgan fingerprint density at radius 1 is 0.591 bits per heavy atom. The lowest BCUT2D eigenvalue weighted by molar-refractivity contribution is 0.295. The van der Waals surface area contributed by atoms with Gasteiger partial charge in [-0.3, -0.25) is 0 Å². The van der Waals surface area contributed by atoms with E-state index in [0.29, 0.717) is 0 Å². The van der Waals surface area contributed by atoms with E-state index in [9.17, 15) is 0 Å². The minimum Gasteiger partial charge on any atom is -0.0836 e. The second-order valence-electron chi connectivity index (χ2n) is 6.64. The molecule has 0 aliphatic carbocycles. The van der Waals surface area contributed by atoms with Crippen molar-refractivity contribution in [1.82, 2.24) is 0 Å². The van der Waals surface area contributed by atoms with E-state index in [1.54, 1.807) is 0 Å². The summed E-state index contributed by atoms with van der Waals surface area (Å²) in [6, 6.07) is 20.4. The number of benzene rings is 2. The molecule has 0 bridgehead atoms. The van der Waals surface area contributed by atoms with Gasteiger partial charge in [0.05, 0.1) is 0 Å². The molecule has 0 heterocycles. The zero-order valence-electron chi connectivity index (χ0n) is 13.6. The van der Waals surface area contributed by atoms with Crippen molar-refractivity contribution in [3.8, 4) is 0 Å². The first kappa shape index (κ1) is 17.0. The highest BCUT2D eigenvalue weighted by Gasteiger charge is 2.43. The topological polar surface area (TPSA) is 0 Å². The molecule has 0 aliphatic rings. The molecule has 0 spiro atoms. The van der Waals surface area contributed by atoms with Gasteiger partial charge in [0, 0.05) is 20.6 Å². The molecule has 0 radical (unpaired) electrons. The molecule has 2 rings (SSSR count). The van der Waals surface area contributed by atoms with Crippen molar-refractivity contribution < 1.29 is 0 Å². The molecule has 0 aliphatic heterocycles. The summed E-state index contributed by atoms with van der Waals surface area (Å²) in [6.45, 7) is 8.77. The molecular weight excluding hydrogens is 304 g/mol. The fourth-order valence-corrected chi connectivity index (χ4v) is 3.25. The second-order valence-corrected chi connectivity index (χ2v) is 7.46. The van der Waals surface area contributed by atoms with Gasteiger partial charge in [0.15, 0.2) is 0 Å². The van der Waals surface area contributed by atoms with Crippen LogP contribution in [0.25, 0.3) is 0 Å². The first-order valence-electron chi connectivity index (χ1n) is 7.48. The van der Waals surface area contributed by atoms with Crippen molar-refractivity contribution in [3.05, 3.63) is 71.8 Å². The van der Waals surface area contributed by atoms with Gasteiger partial charge in [0.1, 0.15) is 0 Å². The van der Waals surface area contributed by atoms with Crippen LogP contribution in [-0.4, -0.2) is 9.73 Å². The lowest BCUT2D eigenvalue weighted by Crippen LogP contribution is -2.44. The third-order valence-electron chi connectivity index (χ3n) is 4.77. The predicted octanol–water partition coefficient (Wildman–Crippen LogP) is 5.88.